The summed E-state index contributed by atoms with van der Waals surface area (Å²) in [5, 5.41) is -0.0870. The van der Waals surface area contributed by atoms with Crippen LogP contribution in [0.1, 0.15) is 18.4 Å². The van der Waals surface area contributed by atoms with Crippen LogP contribution in [0.5, 0.6) is 5.75 Å². The van der Waals surface area contributed by atoms with E-state index in [0.717, 1.165) is 12.3 Å². The molecule has 1 aromatic heterocycles. The summed E-state index contributed by atoms with van der Waals surface area (Å²) in [5.74, 6) is -0.474. The van der Waals surface area contributed by atoms with E-state index in [4.69, 9.17) is 22.1 Å². The molecule has 32 heavy (non-hydrogen) atoms. The largest absolute Gasteiger partial charge is 0.477 e. The molecule has 1 unspecified atom stereocenters. The second-order valence-corrected chi connectivity index (χ2v) is 8.12. The third-order valence-corrected chi connectivity index (χ3v) is 5.93. The van der Waals surface area contributed by atoms with Crippen LogP contribution in [0.25, 0.3) is 0 Å². The van der Waals surface area contributed by atoms with E-state index in [1.54, 1.807) is 29.2 Å². The molecule has 1 saturated heterocycles. The molecule has 2 N–H and O–H groups in total. The SMILES string of the molecule is NC(=O)C1CN(C(=O)C2CCN(c3ncc(C(F)(F)F)cc3Cl)CC2)c2ccccc2O1. The second kappa shape index (κ2) is 8.50. The highest BCUT2D eigenvalue weighted by Gasteiger charge is 2.37. The Morgan fingerprint density at radius 3 is 2.50 bits per heavy atom. The number of fused-ring (bicyclic) bond motifs is 1. The van der Waals surface area contributed by atoms with Crippen LogP contribution in [0.15, 0.2) is 36.5 Å². The fraction of sp³-hybridized carbons (Fsp3) is 0.381. The van der Waals surface area contributed by atoms with Crippen LogP contribution in [0.4, 0.5) is 24.7 Å². The number of nitrogens with zero attached hydrogens (tertiary/aromatic N) is 3. The van der Waals surface area contributed by atoms with Gasteiger partial charge in [0, 0.05) is 25.2 Å². The Kier molecular flexibility index (Phi) is 5.89. The normalized spacial score (nSPS) is 19.3. The summed E-state index contributed by atoms with van der Waals surface area (Å²) in [6.45, 7) is 0.830. The summed E-state index contributed by atoms with van der Waals surface area (Å²) in [6.07, 6.45) is -3.79. The van der Waals surface area contributed by atoms with Crippen molar-refractivity contribution in [2.75, 3.05) is 29.4 Å². The van der Waals surface area contributed by atoms with E-state index in [1.165, 1.54) is 4.90 Å². The Labute approximate surface area is 186 Å². The molecular weight excluding hydrogens is 449 g/mol. The topological polar surface area (TPSA) is 88.8 Å². The number of hydrogen-bond donors (Lipinski definition) is 1. The maximum Gasteiger partial charge on any atom is 0.417 e. The maximum atomic E-state index is 13.3. The van der Waals surface area contributed by atoms with Gasteiger partial charge in [-0.2, -0.15) is 13.2 Å². The van der Waals surface area contributed by atoms with Crippen molar-refractivity contribution < 1.29 is 27.5 Å². The zero-order valence-electron chi connectivity index (χ0n) is 16.8. The molecule has 2 amide bonds. The predicted molar refractivity (Wildman–Crippen MR) is 112 cm³/mol. The van der Waals surface area contributed by atoms with Gasteiger partial charge in [-0.25, -0.2) is 4.98 Å². The first kappa shape index (κ1) is 22.2. The lowest BCUT2D eigenvalue weighted by Gasteiger charge is -2.38. The third kappa shape index (κ3) is 4.32. The van der Waals surface area contributed by atoms with Crippen molar-refractivity contribution >= 4 is 34.9 Å². The predicted octanol–water partition coefficient (Wildman–Crippen LogP) is 3.25. The number of piperidine rings is 1. The van der Waals surface area contributed by atoms with Gasteiger partial charge in [-0.15, -0.1) is 0 Å². The summed E-state index contributed by atoms with van der Waals surface area (Å²) in [7, 11) is 0. The van der Waals surface area contributed by atoms with Gasteiger partial charge in [0.25, 0.3) is 5.91 Å². The van der Waals surface area contributed by atoms with Gasteiger partial charge in [-0.1, -0.05) is 23.7 Å². The first-order valence-electron chi connectivity index (χ1n) is 9.99. The summed E-state index contributed by atoms with van der Waals surface area (Å²) >= 11 is 6.05. The number of para-hydroxylation sites is 2. The van der Waals surface area contributed by atoms with E-state index in [0.29, 0.717) is 37.4 Å². The molecule has 2 aliphatic heterocycles. The number of amides is 2. The average Bonchev–Trinajstić information content (AvgIpc) is 2.77. The van der Waals surface area contributed by atoms with Crippen LogP contribution >= 0.6 is 11.6 Å². The zero-order chi connectivity index (χ0) is 23.0. The standard InChI is InChI=1S/C21H20ClF3N4O3/c22-14-9-13(21(23,24)25)10-27-19(14)28-7-5-12(6-8-28)20(31)29-11-17(18(26)30)32-16-4-2-1-3-15(16)29/h1-4,9-10,12,17H,5-8,11H2,(H2,26,30). The van der Waals surface area contributed by atoms with Crippen LogP contribution < -0.4 is 20.3 Å². The van der Waals surface area contributed by atoms with Gasteiger partial charge in [-0.3, -0.25) is 9.59 Å². The number of carbonyl (C=O) groups excluding carboxylic acids is 2. The minimum absolute atomic E-state index is 0.0255. The Balaban J connectivity index is 1.47. The Hall–Kier alpha value is -3.01. The van der Waals surface area contributed by atoms with E-state index in [2.05, 4.69) is 4.98 Å². The summed E-state index contributed by atoms with van der Waals surface area (Å²) in [6, 6.07) is 7.78. The molecule has 0 bridgehead atoms. The van der Waals surface area contributed by atoms with E-state index < -0.39 is 23.8 Å². The van der Waals surface area contributed by atoms with E-state index in [1.807, 2.05) is 0 Å². The number of halogens is 4. The van der Waals surface area contributed by atoms with Gasteiger partial charge < -0.3 is 20.3 Å². The summed E-state index contributed by atoms with van der Waals surface area (Å²) < 4.78 is 44.2. The van der Waals surface area contributed by atoms with Crippen LogP contribution in [-0.2, 0) is 15.8 Å². The van der Waals surface area contributed by atoms with Crippen molar-refractivity contribution in [3.05, 3.63) is 47.1 Å². The summed E-state index contributed by atoms with van der Waals surface area (Å²) in [4.78, 5) is 32.2. The monoisotopic (exact) mass is 468 g/mol. The van der Waals surface area contributed by atoms with E-state index >= 15 is 0 Å². The van der Waals surface area contributed by atoms with E-state index in [9.17, 15) is 22.8 Å². The van der Waals surface area contributed by atoms with Crippen molar-refractivity contribution in [3.63, 3.8) is 0 Å². The number of nitrogens with two attached hydrogens (primary N) is 1. The van der Waals surface area contributed by atoms with Gasteiger partial charge in [0.05, 0.1) is 22.8 Å². The molecule has 2 aliphatic rings. The number of rotatable bonds is 3. The Morgan fingerprint density at radius 2 is 1.88 bits per heavy atom. The van der Waals surface area contributed by atoms with Crippen LogP contribution in [0, 0.1) is 5.92 Å². The van der Waals surface area contributed by atoms with Crippen molar-refractivity contribution in [3.8, 4) is 5.75 Å². The first-order valence-corrected chi connectivity index (χ1v) is 10.4. The molecule has 0 radical (unpaired) electrons. The molecule has 170 valence electrons. The maximum absolute atomic E-state index is 13.3. The van der Waals surface area contributed by atoms with Crippen LogP contribution in [-0.4, -0.2) is 42.5 Å². The number of aromatic nitrogens is 1. The molecule has 11 heteroatoms. The highest BCUT2D eigenvalue weighted by molar-refractivity contribution is 6.33. The van der Waals surface area contributed by atoms with Crippen LogP contribution in [0.2, 0.25) is 5.02 Å². The lowest BCUT2D eigenvalue weighted by molar-refractivity contribution is -0.137. The number of ether oxygens (including phenoxy) is 1. The van der Waals surface area contributed by atoms with Gasteiger partial charge in [0.2, 0.25) is 5.91 Å². The van der Waals surface area contributed by atoms with Gasteiger partial charge in [0.15, 0.2) is 6.10 Å². The molecule has 3 heterocycles. The smallest absolute Gasteiger partial charge is 0.417 e. The quantitative estimate of drug-likeness (QED) is 0.747. The first-order chi connectivity index (χ1) is 15.1. The number of primary amides is 1. The van der Waals surface area contributed by atoms with Crippen molar-refractivity contribution in [1.82, 2.24) is 4.98 Å². The molecule has 0 aliphatic carbocycles. The lowest BCUT2D eigenvalue weighted by atomic mass is 9.94. The van der Waals surface area contributed by atoms with Gasteiger partial charge in [-0.05, 0) is 31.0 Å². The number of carbonyl (C=O) groups is 2. The summed E-state index contributed by atoms with van der Waals surface area (Å²) in [5.41, 5.74) is 5.06. The molecule has 0 saturated carbocycles. The highest BCUT2D eigenvalue weighted by atomic mass is 35.5. The fourth-order valence-corrected chi connectivity index (χ4v) is 4.25. The molecule has 1 aromatic carbocycles. The van der Waals surface area contributed by atoms with Crippen molar-refractivity contribution in [2.45, 2.75) is 25.1 Å². The molecule has 0 spiro atoms. The molecule has 4 rings (SSSR count). The number of hydrogen-bond acceptors (Lipinski definition) is 5. The zero-order valence-corrected chi connectivity index (χ0v) is 17.6. The van der Waals surface area contributed by atoms with Gasteiger partial charge in [0.1, 0.15) is 11.6 Å². The lowest BCUT2D eigenvalue weighted by Crippen LogP contribution is -2.52. The Bertz CT molecular complexity index is 1040. The second-order valence-electron chi connectivity index (χ2n) is 7.71. The number of pyridine rings is 1. The average molecular weight is 469 g/mol. The Morgan fingerprint density at radius 1 is 1.19 bits per heavy atom. The van der Waals surface area contributed by atoms with Crippen molar-refractivity contribution in [2.24, 2.45) is 11.7 Å². The number of alkyl halides is 3. The van der Waals surface area contributed by atoms with Crippen LogP contribution in [0.3, 0.4) is 0 Å². The fourth-order valence-electron chi connectivity index (χ4n) is 3.97. The van der Waals surface area contributed by atoms with Gasteiger partial charge >= 0.3 is 6.18 Å². The number of benzene rings is 1. The molecule has 1 fully saturated rings. The minimum Gasteiger partial charge on any atom is -0.477 e. The number of anilines is 2. The highest BCUT2D eigenvalue weighted by Crippen LogP contribution is 2.37. The molecule has 1 atom stereocenters. The molecule has 7 nitrogen and oxygen atoms in total. The molecular formula is C21H20ClF3N4O3. The van der Waals surface area contributed by atoms with Crippen molar-refractivity contribution in [1.29, 1.82) is 0 Å². The molecule has 2 aromatic rings. The van der Waals surface area contributed by atoms with E-state index in [-0.39, 0.29) is 29.2 Å². The third-order valence-electron chi connectivity index (χ3n) is 5.65. The minimum atomic E-state index is -4.52.